The third-order valence-corrected chi connectivity index (χ3v) is 3.78. The fourth-order valence-corrected chi connectivity index (χ4v) is 2.58. The Balaban J connectivity index is 1.76. The van der Waals surface area contributed by atoms with Crippen LogP contribution in [0.4, 0.5) is 5.69 Å². The molecule has 0 fully saturated rings. The molecule has 4 rings (SSSR count). The average Bonchev–Trinajstić information content (AvgIpc) is 3.33. The Hall–Kier alpha value is -3.60. The van der Waals surface area contributed by atoms with E-state index in [4.69, 9.17) is 4.42 Å². The number of nitrogens with zero attached hydrogens (tertiary/aromatic N) is 2. The smallest absolute Gasteiger partial charge is 0.291 e. The normalized spacial score (nSPS) is 10.6. The molecule has 0 unspecified atom stereocenters. The molecule has 0 saturated carbocycles. The van der Waals surface area contributed by atoms with Gasteiger partial charge in [-0.25, -0.2) is 4.68 Å². The number of nitrogens with one attached hydrogen (secondary N) is 1. The van der Waals surface area contributed by atoms with E-state index in [1.54, 1.807) is 23.0 Å². The molecule has 0 aliphatic rings. The largest absolute Gasteiger partial charge is 0.459 e. The molecule has 0 aliphatic heterocycles. The number of carbonyl (C=O) groups excluding carboxylic acids is 1. The van der Waals surface area contributed by atoms with Crippen molar-refractivity contribution in [2.45, 2.75) is 0 Å². The zero-order valence-corrected chi connectivity index (χ0v) is 13.3. The summed E-state index contributed by atoms with van der Waals surface area (Å²) >= 11 is 0. The van der Waals surface area contributed by atoms with E-state index in [9.17, 15) is 4.79 Å². The van der Waals surface area contributed by atoms with Gasteiger partial charge in [-0.1, -0.05) is 48.5 Å². The average molecular weight is 329 g/mol. The predicted molar refractivity (Wildman–Crippen MR) is 95.7 cm³/mol. The van der Waals surface area contributed by atoms with Gasteiger partial charge in [-0.2, -0.15) is 5.10 Å². The molecule has 25 heavy (non-hydrogen) atoms. The van der Waals surface area contributed by atoms with Crippen LogP contribution in [0.25, 0.3) is 16.9 Å². The lowest BCUT2D eigenvalue weighted by Gasteiger charge is -2.03. The number of aromatic nitrogens is 2. The molecule has 0 saturated heterocycles. The van der Waals surface area contributed by atoms with E-state index in [-0.39, 0.29) is 11.7 Å². The number of hydrogen-bond acceptors (Lipinski definition) is 3. The van der Waals surface area contributed by atoms with Crippen molar-refractivity contribution in [2.24, 2.45) is 0 Å². The third kappa shape index (κ3) is 3.07. The molecule has 4 aromatic rings. The minimum Gasteiger partial charge on any atom is -0.459 e. The van der Waals surface area contributed by atoms with E-state index in [1.165, 1.54) is 6.26 Å². The molecular formula is C20H15N3O2. The Morgan fingerprint density at radius 3 is 2.32 bits per heavy atom. The lowest BCUT2D eigenvalue weighted by molar-refractivity contribution is 0.0996. The summed E-state index contributed by atoms with van der Waals surface area (Å²) < 4.78 is 6.92. The van der Waals surface area contributed by atoms with Crippen molar-refractivity contribution in [3.05, 3.63) is 91.0 Å². The molecule has 0 spiro atoms. The van der Waals surface area contributed by atoms with Crippen LogP contribution in [0.1, 0.15) is 10.6 Å². The second kappa shape index (κ2) is 6.49. The molecule has 122 valence electrons. The first-order valence-electron chi connectivity index (χ1n) is 7.86. The number of hydrogen-bond donors (Lipinski definition) is 1. The zero-order chi connectivity index (χ0) is 17.1. The van der Waals surface area contributed by atoms with Crippen molar-refractivity contribution in [2.75, 3.05) is 5.32 Å². The summed E-state index contributed by atoms with van der Waals surface area (Å²) in [6.07, 6.45) is 3.28. The van der Waals surface area contributed by atoms with Gasteiger partial charge < -0.3 is 9.73 Å². The lowest BCUT2D eigenvalue weighted by Crippen LogP contribution is -2.11. The fraction of sp³-hybridized carbons (Fsp3) is 0. The summed E-state index contributed by atoms with van der Waals surface area (Å²) in [5.74, 6) is -0.0544. The van der Waals surface area contributed by atoms with E-state index in [1.807, 2.05) is 60.7 Å². The molecule has 1 N–H and O–H groups in total. The van der Waals surface area contributed by atoms with Gasteiger partial charge in [0.1, 0.15) is 5.69 Å². The third-order valence-electron chi connectivity index (χ3n) is 3.78. The highest BCUT2D eigenvalue weighted by Gasteiger charge is 2.16. The lowest BCUT2D eigenvalue weighted by atomic mass is 10.1. The van der Waals surface area contributed by atoms with E-state index in [2.05, 4.69) is 10.4 Å². The second-order valence-electron chi connectivity index (χ2n) is 5.47. The van der Waals surface area contributed by atoms with Crippen molar-refractivity contribution >= 4 is 11.6 Å². The minimum atomic E-state index is -0.310. The molecule has 0 atom stereocenters. The predicted octanol–water partition coefficient (Wildman–Crippen LogP) is 4.38. The van der Waals surface area contributed by atoms with Crippen LogP contribution in [0, 0.1) is 0 Å². The van der Waals surface area contributed by atoms with Crippen LogP contribution in [0.5, 0.6) is 0 Å². The number of para-hydroxylation sites is 1. The van der Waals surface area contributed by atoms with Crippen LogP contribution in [0.2, 0.25) is 0 Å². The van der Waals surface area contributed by atoms with Crippen molar-refractivity contribution in [1.82, 2.24) is 9.78 Å². The van der Waals surface area contributed by atoms with Crippen LogP contribution in [0.15, 0.2) is 89.7 Å². The first kappa shape index (κ1) is 15.0. The molecule has 5 nitrogen and oxygen atoms in total. The van der Waals surface area contributed by atoms with Crippen LogP contribution in [0.3, 0.4) is 0 Å². The van der Waals surface area contributed by atoms with Gasteiger partial charge >= 0.3 is 0 Å². The summed E-state index contributed by atoms with van der Waals surface area (Å²) in [5.41, 5.74) is 3.16. The van der Waals surface area contributed by atoms with Crippen LogP contribution >= 0.6 is 0 Å². The number of benzene rings is 2. The highest BCUT2D eigenvalue weighted by Crippen LogP contribution is 2.28. The maximum Gasteiger partial charge on any atom is 0.291 e. The van der Waals surface area contributed by atoms with Crippen molar-refractivity contribution in [3.63, 3.8) is 0 Å². The first-order valence-corrected chi connectivity index (χ1v) is 7.86. The Morgan fingerprint density at radius 2 is 1.64 bits per heavy atom. The molecular weight excluding hydrogens is 314 g/mol. The number of anilines is 1. The standard InChI is InChI=1S/C20H15N3O2/c24-20(18-12-7-13-25-18)21-17-14-23(16-10-5-2-6-11-16)22-19(17)15-8-3-1-4-9-15/h1-14H,(H,21,24). The molecule has 2 heterocycles. The van der Waals surface area contributed by atoms with Gasteiger partial charge in [0.2, 0.25) is 0 Å². The second-order valence-corrected chi connectivity index (χ2v) is 5.47. The fourth-order valence-electron chi connectivity index (χ4n) is 2.58. The Bertz CT molecular complexity index is 974. The van der Waals surface area contributed by atoms with Crippen LogP contribution in [-0.4, -0.2) is 15.7 Å². The van der Waals surface area contributed by atoms with Gasteiger partial charge in [0.15, 0.2) is 5.76 Å². The molecule has 1 amide bonds. The summed E-state index contributed by atoms with van der Waals surface area (Å²) in [6.45, 7) is 0. The van der Waals surface area contributed by atoms with Gasteiger partial charge in [0.05, 0.1) is 23.8 Å². The van der Waals surface area contributed by atoms with Crippen molar-refractivity contribution in [1.29, 1.82) is 0 Å². The highest BCUT2D eigenvalue weighted by molar-refractivity contribution is 6.04. The van der Waals surface area contributed by atoms with Crippen molar-refractivity contribution < 1.29 is 9.21 Å². The van der Waals surface area contributed by atoms with E-state index >= 15 is 0 Å². The molecule has 5 heteroatoms. The maximum atomic E-state index is 12.4. The highest BCUT2D eigenvalue weighted by atomic mass is 16.3. The van der Waals surface area contributed by atoms with Gasteiger partial charge in [-0.3, -0.25) is 4.79 Å². The Kier molecular flexibility index (Phi) is 3.88. The molecule has 0 radical (unpaired) electrons. The SMILES string of the molecule is O=C(Nc1cn(-c2ccccc2)nc1-c1ccccc1)c1ccco1. The summed E-state index contributed by atoms with van der Waals surface area (Å²) in [7, 11) is 0. The summed E-state index contributed by atoms with van der Waals surface area (Å²) in [5, 5.41) is 7.54. The molecule has 0 aliphatic carbocycles. The Morgan fingerprint density at radius 1 is 0.920 bits per heavy atom. The first-order chi connectivity index (χ1) is 12.3. The molecule has 2 aromatic heterocycles. The van der Waals surface area contributed by atoms with Crippen LogP contribution < -0.4 is 5.32 Å². The zero-order valence-electron chi connectivity index (χ0n) is 13.3. The van der Waals surface area contributed by atoms with Gasteiger partial charge in [-0.15, -0.1) is 0 Å². The van der Waals surface area contributed by atoms with Gasteiger partial charge in [0, 0.05) is 5.56 Å². The van der Waals surface area contributed by atoms with E-state index in [0.29, 0.717) is 11.4 Å². The van der Waals surface area contributed by atoms with Crippen molar-refractivity contribution in [3.8, 4) is 16.9 Å². The number of rotatable bonds is 4. The van der Waals surface area contributed by atoms with E-state index in [0.717, 1.165) is 11.3 Å². The minimum absolute atomic E-state index is 0.256. The number of furan rings is 1. The number of amides is 1. The van der Waals surface area contributed by atoms with Gasteiger partial charge in [0.25, 0.3) is 5.91 Å². The molecule has 2 aromatic carbocycles. The maximum absolute atomic E-state index is 12.4. The topological polar surface area (TPSA) is 60.1 Å². The molecule has 0 bridgehead atoms. The van der Waals surface area contributed by atoms with Crippen LogP contribution in [-0.2, 0) is 0 Å². The van der Waals surface area contributed by atoms with Gasteiger partial charge in [-0.05, 0) is 24.3 Å². The summed E-state index contributed by atoms with van der Waals surface area (Å²) in [4.78, 5) is 12.4. The van der Waals surface area contributed by atoms with E-state index < -0.39 is 0 Å². The quantitative estimate of drug-likeness (QED) is 0.604. The summed E-state index contributed by atoms with van der Waals surface area (Å²) in [6, 6.07) is 22.8. The Labute approximate surface area is 144 Å². The number of carbonyl (C=O) groups is 1. The monoisotopic (exact) mass is 329 g/mol.